The lowest BCUT2D eigenvalue weighted by Gasteiger charge is -2.25. The Morgan fingerprint density at radius 3 is 2.76 bits per heavy atom. The lowest BCUT2D eigenvalue weighted by Crippen LogP contribution is -2.25. The molecule has 1 fully saturated rings. The van der Waals surface area contributed by atoms with E-state index in [1.165, 1.54) is 37.7 Å². The molecule has 0 aromatic heterocycles. The standard InChI is InChI=1S/C17H26ClNOS/c1-3-19-16(12-21-14-7-5-4-6-8-14)15-11-13(18)9-10-17(15)20-2/h9-11,14,16,19H,3-8,12H2,1-2H3. The molecular formula is C17H26ClNOS. The van der Waals surface area contributed by atoms with E-state index >= 15 is 0 Å². The first kappa shape index (κ1) is 17.0. The van der Waals surface area contributed by atoms with Crippen molar-refractivity contribution in [3.63, 3.8) is 0 Å². The zero-order valence-corrected chi connectivity index (χ0v) is 14.6. The number of benzene rings is 1. The predicted octanol–water partition coefficient (Wildman–Crippen LogP) is 5.07. The fraction of sp³-hybridized carbons (Fsp3) is 0.647. The van der Waals surface area contributed by atoms with Gasteiger partial charge in [-0.3, -0.25) is 0 Å². The first-order chi connectivity index (χ1) is 10.2. The molecule has 4 heteroatoms. The van der Waals surface area contributed by atoms with E-state index in [9.17, 15) is 0 Å². The Morgan fingerprint density at radius 2 is 2.10 bits per heavy atom. The van der Waals surface area contributed by atoms with Crippen LogP contribution in [0.2, 0.25) is 5.02 Å². The third-order valence-electron chi connectivity index (χ3n) is 4.07. The third-order valence-corrected chi connectivity index (χ3v) is 5.77. The minimum Gasteiger partial charge on any atom is -0.496 e. The Balaban J connectivity index is 2.05. The first-order valence-electron chi connectivity index (χ1n) is 7.93. The fourth-order valence-electron chi connectivity index (χ4n) is 2.95. The Labute approximate surface area is 138 Å². The molecule has 0 aliphatic heterocycles. The monoisotopic (exact) mass is 327 g/mol. The van der Waals surface area contributed by atoms with Crippen LogP contribution < -0.4 is 10.1 Å². The molecule has 0 bridgehead atoms. The van der Waals surface area contributed by atoms with E-state index in [4.69, 9.17) is 16.3 Å². The molecule has 1 aromatic rings. The van der Waals surface area contributed by atoms with E-state index in [1.54, 1.807) is 7.11 Å². The topological polar surface area (TPSA) is 21.3 Å². The van der Waals surface area contributed by atoms with E-state index in [-0.39, 0.29) is 0 Å². The number of hydrogen-bond donors (Lipinski definition) is 1. The van der Waals surface area contributed by atoms with Gasteiger partial charge in [-0.05, 0) is 37.6 Å². The van der Waals surface area contributed by atoms with Gasteiger partial charge in [0.2, 0.25) is 0 Å². The average molecular weight is 328 g/mol. The van der Waals surface area contributed by atoms with E-state index in [1.807, 2.05) is 18.2 Å². The van der Waals surface area contributed by atoms with Crippen LogP contribution in [0.4, 0.5) is 0 Å². The van der Waals surface area contributed by atoms with Crippen molar-refractivity contribution in [1.29, 1.82) is 0 Å². The van der Waals surface area contributed by atoms with E-state index in [0.717, 1.165) is 28.3 Å². The second-order valence-corrected chi connectivity index (χ2v) is 7.36. The summed E-state index contributed by atoms with van der Waals surface area (Å²) in [7, 11) is 1.73. The van der Waals surface area contributed by atoms with Gasteiger partial charge in [0.25, 0.3) is 0 Å². The van der Waals surface area contributed by atoms with Crippen LogP contribution in [0, 0.1) is 0 Å². The molecular weight excluding hydrogens is 302 g/mol. The highest BCUT2D eigenvalue weighted by Crippen LogP contribution is 2.34. The summed E-state index contributed by atoms with van der Waals surface area (Å²) in [6.45, 7) is 3.10. The van der Waals surface area contributed by atoms with Crippen LogP contribution in [0.3, 0.4) is 0 Å². The van der Waals surface area contributed by atoms with Crippen molar-refractivity contribution in [2.24, 2.45) is 0 Å². The van der Waals surface area contributed by atoms with Crippen molar-refractivity contribution in [3.05, 3.63) is 28.8 Å². The predicted molar refractivity (Wildman–Crippen MR) is 93.8 cm³/mol. The molecule has 1 N–H and O–H groups in total. The minimum atomic E-state index is 0.301. The quantitative estimate of drug-likeness (QED) is 0.755. The average Bonchev–Trinajstić information content (AvgIpc) is 2.52. The van der Waals surface area contributed by atoms with Gasteiger partial charge < -0.3 is 10.1 Å². The smallest absolute Gasteiger partial charge is 0.123 e. The van der Waals surface area contributed by atoms with Crippen LogP contribution in [-0.4, -0.2) is 24.7 Å². The Kier molecular flexibility index (Phi) is 7.21. The summed E-state index contributed by atoms with van der Waals surface area (Å²) in [4.78, 5) is 0. The normalized spacial score (nSPS) is 17.7. The molecule has 1 aliphatic carbocycles. The molecule has 1 unspecified atom stereocenters. The van der Waals surface area contributed by atoms with Crippen LogP contribution in [0.1, 0.15) is 50.6 Å². The number of nitrogens with one attached hydrogen (secondary N) is 1. The number of thioether (sulfide) groups is 1. The zero-order valence-electron chi connectivity index (χ0n) is 13.0. The van der Waals surface area contributed by atoms with Crippen LogP contribution in [0.15, 0.2) is 18.2 Å². The second-order valence-electron chi connectivity index (χ2n) is 5.59. The second kappa shape index (κ2) is 8.92. The number of ether oxygens (including phenoxy) is 1. The lowest BCUT2D eigenvalue weighted by atomic mass is 10.0. The maximum Gasteiger partial charge on any atom is 0.123 e. The van der Waals surface area contributed by atoms with E-state index in [0.29, 0.717) is 6.04 Å². The maximum absolute atomic E-state index is 6.18. The molecule has 0 spiro atoms. The number of rotatable bonds is 7. The Morgan fingerprint density at radius 1 is 1.33 bits per heavy atom. The molecule has 0 saturated heterocycles. The Bertz CT molecular complexity index is 435. The fourth-order valence-corrected chi connectivity index (χ4v) is 4.56. The number of methoxy groups -OCH3 is 1. The van der Waals surface area contributed by atoms with Crippen molar-refractivity contribution in [1.82, 2.24) is 5.32 Å². The first-order valence-corrected chi connectivity index (χ1v) is 9.35. The molecule has 21 heavy (non-hydrogen) atoms. The van der Waals surface area contributed by atoms with Crippen molar-refractivity contribution < 1.29 is 4.74 Å². The number of halogens is 1. The minimum absolute atomic E-state index is 0.301. The van der Waals surface area contributed by atoms with Gasteiger partial charge in [0.05, 0.1) is 7.11 Å². The van der Waals surface area contributed by atoms with Crippen LogP contribution in [0.25, 0.3) is 0 Å². The van der Waals surface area contributed by atoms with Crippen LogP contribution >= 0.6 is 23.4 Å². The molecule has 1 aromatic carbocycles. The van der Waals surface area contributed by atoms with Crippen molar-refractivity contribution in [2.75, 3.05) is 19.4 Å². The van der Waals surface area contributed by atoms with Crippen molar-refractivity contribution in [3.8, 4) is 5.75 Å². The molecule has 2 nitrogen and oxygen atoms in total. The van der Waals surface area contributed by atoms with Crippen LogP contribution in [-0.2, 0) is 0 Å². The number of hydrogen-bond acceptors (Lipinski definition) is 3. The summed E-state index contributed by atoms with van der Waals surface area (Å²) in [5.41, 5.74) is 1.18. The van der Waals surface area contributed by atoms with Gasteiger partial charge in [0.1, 0.15) is 5.75 Å². The highest BCUT2D eigenvalue weighted by Gasteiger charge is 2.20. The van der Waals surface area contributed by atoms with Gasteiger partial charge in [0.15, 0.2) is 0 Å². The molecule has 2 rings (SSSR count). The van der Waals surface area contributed by atoms with E-state index in [2.05, 4.69) is 24.0 Å². The van der Waals surface area contributed by atoms with Gasteiger partial charge in [0, 0.05) is 27.6 Å². The molecule has 0 heterocycles. The highest BCUT2D eigenvalue weighted by atomic mass is 35.5. The zero-order chi connectivity index (χ0) is 15.1. The van der Waals surface area contributed by atoms with Crippen molar-refractivity contribution >= 4 is 23.4 Å². The molecule has 118 valence electrons. The summed E-state index contributed by atoms with van der Waals surface area (Å²) in [5, 5.41) is 5.18. The van der Waals surface area contributed by atoms with Gasteiger partial charge in [-0.2, -0.15) is 11.8 Å². The molecule has 1 aliphatic rings. The van der Waals surface area contributed by atoms with Crippen molar-refractivity contribution in [2.45, 2.75) is 50.3 Å². The highest BCUT2D eigenvalue weighted by molar-refractivity contribution is 7.99. The summed E-state index contributed by atoms with van der Waals surface area (Å²) >= 11 is 8.28. The maximum atomic E-state index is 6.18. The molecule has 1 atom stereocenters. The largest absolute Gasteiger partial charge is 0.496 e. The third kappa shape index (κ3) is 5.08. The summed E-state index contributed by atoms with van der Waals surface area (Å²) < 4.78 is 5.51. The van der Waals surface area contributed by atoms with Gasteiger partial charge in [-0.25, -0.2) is 0 Å². The molecule has 0 radical (unpaired) electrons. The summed E-state index contributed by atoms with van der Waals surface area (Å²) in [6, 6.07) is 6.19. The van der Waals surface area contributed by atoms with Gasteiger partial charge in [-0.15, -0.1) is 0 Å². The van der Waals surface area contributed by atoms with Gasteiger partial charge >= 0.3 is 0 Å². The van der Waals surface area contributed by atoms with Crippen LogP contribution in [0.5, 0.6) is 5.75 Å². The molecule has 1 saturated carbocycles. The molecule has 0 amide bonds. The lowest BCUT2D eigenvalue weighted by molar-refractivity contribution is 0.403. The summed E-state index contributed by atoms with van der Waals surface area (Å²) in [5.74, 6) is 2.00. The van der Waals surface area contributed by atoms with Gasteiger partial charge in [-0.1, -0.05) is 37.8 Å². The van der Waals surface area contributed by atoms with E-state index < -0.39 is 0 Å². The SMILES string of the molecule is CCNC(CSC1CCCCC1)c1cc(Cl)ccc1OC. The summed E-state index contributed by atoms with van der Waals surface area (Å²) in [6.07, 6.45) is 6.94. The Hall–Kier alpha value is -0.380.